The molecule has 0 aliphatic carbocycles. The molecule has 1 atom stereocenters. The lowest BCUT2D eigenvalue weighted by molar-refractivity contribution is 0.112. The highest BCUT2D eigenvalue weighted by molar-refractivity contribution is 7.98. The van der Waals surface area contributed by atoms with Crippen molar-refractivity contribution in [2.45, 2.75) is 19.4 Å². The molecule has 0 saturated carbocycles. The molecule has 0 aliphatic heterocycles. The van der Waals surface area contributed by atoms with Gasteiger partial charge in [0.25, 0.3) is 0 Å². The molecule has 4 heteroatoms. The summed E-state index contributed by atoms with van der Waals surface area (Å²) in [7, 11) is 1.99. The van der Waals surface area contributed by atoms with E-state index in [1.807, 2.05) is 24.9 Å². The number of nitriles is 1. The predicted molar refractivity (Wildman–Crippen MR) is 77.4 cm³/mol. The highest BCUT2D eigenvalue weighted by Gasteiger charge is 2.13. The van der Waals surface area contributed by atoms with Crippen LogP contribution < -0.4 is 4.90 Å². The van der Waals surface area contributed by atoms with Crippen LogP contribution in [0.25, 0.3) is 0 Å². The van der Waals surface area contributed by atoms with Gasteiger partial charge >= 0.3 is 0 Å². The second-order valence-electron chi connectivity index (χ2n) is 4.25. The van der Waals surface area contributed by atoms with E-state index < -0.39 is 0 Å². The standard InChI is InChI=1S/C14H18N2OS/c1-11(6-7-18-3)16(2)14-5-4-12(10-17)8-13(14)9-15/h4-5,8,10-11H,6-7H2,1-3H3. The van der Waals surface area contributed by atoms with Crippen LogP contribution in [-0.2, 0) is 0 Å². The Morgan fingerprint density at radius 1 is 1.56 bits per heavy atom. The summed E-state index contributed by atoms with van der Waals surface area (Å²) in [5.41, 5.74) is 1.98. The Morgan fingerprint density at radius 3 is 2.83 bits per heavy atom. The minimum Gasteiger partial charge on any atom is -0.371 e. The zero-order chi connectivity index (χ0) is 13.5. The van der Waals surface area contributed by atoms with Gasteiger partial charge in [0.05, 0.1) is 11.3 Å². The molecule has 0 amide bonds. The van der Waals surface area contributed by atoms with E-state index in [0.29, 0.717) is 17.2 Å². The smallest absolute Gasteiger partial charge is 0.150 e. The molecule has 0 aliphatic rings. The third-order valence-corrected chi connectivity index (χ3v) is 3.70. The summed E-state index contributed by atoms with van der Waals surface area (Å²) in [6.45, 7) is 2.14. The Kier molecular flexibility index (Phi) is 5.73. The van der Waals surface area contributed by atoms with Crippen LogP contribution in [0.5, 0.6) is 0 Å². The van der Waals surface area contributed by atoms with E-state index in [-0.39, 0.29) is 0 Å². The van der Waals surface area contributed by atoms with Gasteiger partial charge in [0.1, 0.15) is 12.4 Å². The number of carbonyl (C=O) groups excluding carboxylic acids is 1. The molecule has 0 N–H and O–H groups in total. The number of hydrogen-bond acceptors (Lipinski definition) is 4. The minimum absolute atomic E-state index is 0.367. The van der Waals surface area contributed by atoms with Crippen molar-refractivity contribution in [2.75, 3.05) is 24.0 Å². The molecule has 0 saturated heterocycles. The third kappa shape index (κ3) is 3.51. The van der Waals surface area contributed by atoms with Gasteiger partial charge in [-0.3, -0.25) is 4.79 Å². The molecular formula is C14H18N2OS. The average Bonchev–Trinajstić information content (AvgIpc) is 2.43. The fraction of sp³-hybridized carbons (Fsp3) is 0.429. The average molecular weight is 262 g/mol. The lowest BCUT2D eigenvalue weighted by Gasteiger charge is -2.27. The number of hydrogen-bond donors (Lipinski definition) is 0. The molecule has 3 nitrogen and oxygen atoms in total. The number of rotatable bonds is 6. The van der Waals surface area contributed by atoms with Crippen LogP contribution in [0.3, 0.4) is 0 Å². The maximum absolute atomic E-state index is 10.7. The van der Waals surface area contributed by atoms with Gasteiger partial charge < -0.3 is 4.90 Å². The van der Waals surface area contributed by atoms with E-state index in [1.165, 1.54) is 0 Å². The molecule has 0 bridgehead atoms. The summed E-state index contributed by atoms with van der Waals surface area (Å²) in [5, 5.41) is 9.15. The van der Waals surface area contributed by atoms with Gasteiger partial charge in [0.15, 0.2) is 0 Å². The van der Waals surface area contributed by atoms with Crippen LogP contribution in [-0.4, -0.2) is 31.4 Å². The first kappa shape index (κ1) is 14.6. The van der Waals surface area contributed by atoms with Crippen molar-refractivity contribution >= 4 is 23.7 Å². The van der Waals surface area contributed by atoms with Crippen molar-refractivity contribution in [3.63, 3.8) is 0 Å². The minimum atomic E-state index is 0.367. The lowest BCUT2D eigenvalue weighted by Crippen LogP contribution is -2.30. The predicted octanol–water partition coefficient (Wildman–Crippen LogP) is 2.95. The van der Waals surface area contributed by atoms with Gasteiger partial charge in [-0.25, -0.2) is 0 Å². The highest BCUT2D eigenvalue weighted by atomic mass is 32.2. The van der Waals surface area contributed by atoms with Crippen molar-refractivity contribution in [3.8, 4) is 6.07 Å². The van der Waals surface area contributed by atoms with Gasteiger partial charge in [0, 0.05) is 18.7 Å². The number of thioether (sulfide) groups is 1. The summed E-state index contributed by atoms with van der Waals surface area (Å²) in [6, 6.07) is 7.76. The maximum Gasteiger partial charge on any atom is 0.150 e. The molecular weight excluding hydrogens is 244 g/mol. The van der Waals surface area contributed by atoms with E-state index >= 15 is 0 Å². The third-order valence-electron chi connectivity index (χ3n) is 3.06. The zero-order valence-electron chi connectivity index (χ0n) is 11.0. The number of anilines is 1. The van der Waals surface area contributed by atoms with Crippen molar-refractivity contribution in [2.24, 2.45) is 0 Å². The molecule has 96 valence electrons. The fourth-order valence-electron chi connectivity index (χ4n) is 1.74. The first-order chi connectivity index (χ1) is 8.63. The van der Waals surface area contributed by atoms with E-state index in [9.17, 15) is 4.79 Å². The molecule has 0 radical (unpaired) electrons. The molecule has 1 aromatic rings. The van der Waals surface area contributed by atoms with Crippen LogP contribution >= 0.6 is 11.8 Å². The normalized spacial score (nSPS) is 11.7. The summed E-state index contributed by atoms with van der Waals surface area (Å²) in [6.07, 6.45) is 3.92. The Bertz CT molecular complexity index is 454. The molecule has 1 rings (SSSR count). The Morgan fingerprint density at radius 2 is 2.28 bits per heavy atom. The molecule has 0 fully saturated rings. The Labute approximate surface area is 113 Å². The van der Waals surface area contributed by atoms with Crippen LogP contribution in [0.15, 0.2) is 18.2 Å². The topological polar surface area (TPSA) is 44.1 Å². The maximum atomic E-state index is 10.7. The molecule has 1 unspecified atom stereocenters. The van der Waals surface area contributed by atoms with Gasteiger partial charge in [0.2, 0.25) is 0 Å². The quantitative estimate of drug-likeness (QED) is 0.739. The van der Waals surface area contributed by atoms with Crippen LogP contribution in [0.2, 0.25) is 0 Å². The number of nitrogens with zero attached hydrogens (tertiary/aromatic N) is 2. The number of aldehydes is 1. The van der Waals surface area contributed by atoms with Gasteiger partial charge in [-0.05, 0) is 43.6 Å². The van der Waals surface area contributed by atoms with E-state index in [4.69, 9.17) is 5.26 Å². The SMILES string of the molecule is CSCCC(C)N(C)c1ccc(C=O)cc1C#N. The zero-order valence-corrected chi connectivity index (χ0v) is 11.8. The van der Waals surface area contributed by atoms with Crippen LogP contribution in [0, 0.1) is 11.3 Å². The molecule has 0 aromatic heterocycles. The summed E-state index contributed by atoms with van der Waals surface area (Å²) in [4.78, 5) is 12.8. The van der Waals surface area contributed by atoms with Crippen molar-refractivity contribution in [1.82, 2.24) is 0 Å². The van der Waals surface area contributed by atoms with E-state index in [2.05, 4.69) is 24.1 Å². The number of benzene rings is 1. The molecule has 0 heterocycles. The van der Waals surface area contributed by atoms with Crippen molar-refractivity contribution in [3.05, 3.63) is 29.3 Å². The lowest BCUT2D eigenvalue weighted by atomic mass is 10.1. The van der Waals surface area contributed by atoms with Crippen LogP contribution in [0.1, 0.15) is 29.3 Å². The van der Waals surface area contributed by atoms with Crippen molar-refractivity contribution < 1.29 is 4.79 Å². The molecule has 18 heavy (non-hydrogen) atoms. The Hall–Kier alpha value is -1.47. The Balaban J connectivity index is 2.94. The number of carbonyl (C=O) groups is 1. The largest absolute Gasteiger partial charge is 0.371 e. The summed E-state index contributed by atoms with van der Waals surface area (Å²) < 4.78 is 0. The van der Waals surface area contributed by atoms with Crippen molar-refractivity contribution in [1.29, 1.82) is 5.26 Å². The summed E-state index contributed by atoms with van der Waals surface area (Å²) >= 11 is 1.82. The highest BCUT2D eigenvalue weighted by Crippen LogP contribution is 2.23. The van der Waals surface area contributed by atoms with Gasteiger partial charge in [-0.2, -0.15) is 17.0 Å². The second kappa shape index (κ2) is 7.07. The van der Waals surface area contributed by atoms with E-state index in [0.717, 1.165) is 24.1 Å². The first-order valence-corrected chi connectivity index (χ1v) is 7.24. The first-order valence-electron chi connectivity index (χ1n) is 5.85. The van der Waals surface area contributed by atoms with Crippen LogP contribution in [0.4, 0.5) is 5.69 Å². The van der Waals surface area contributed by atoms with E-state index in [1.54, 1.807) is 12.1 Å². The molecule has 1 aromatic carbocycles. The monoisotopic (exact) mass is 262 g/mol. The second-order valence-corrected chi connectivity index (χ2v) is 5.23. The van der Waals surface area contributed by atoms with Gasteiger partial charge in [-0.1, -0.05) is 0 Å². The summed E-state index contributed by atoms with van der Waals surface area (Å²) in [5.74, 6) is 1.10. The van der Waals surface area contributed by atoms with Gasteiger partial charge in [-0.15, -0.1) is 0 Å². The fourth-order valence-corrected chi connectivity index (χ4v) is 2.32. The molecule has 0 spiro atoms.